The third-order valence-electron chi connectivity index (χ3n) is 8.19. The van der Waals surface area contributed by atoms with E-state index in [4.69, 9.17) is 18.9 Å². The van der Waals surface area contributed by atoms with Crippen molar-refractivity contribution in [2.24, 2.45) is 0 Å². The molecule has 0 atom stereocenters. The molecule has 0 saturated heterocycles. The molecule has 0 saturated carbocycles. The number of nitrogens with zero attached hydrogens (tertiary/aromatic N) is 1. The van der Waals surface area contributed by atoms with Gasteiger partial charge in [0, 0.05) is 10.8 Å². The minimum absolute atomic E-state index is 0.260. The number of aromatic nitrogens is 1. The van der Waals surface area contributed by atoms with Gasteiger partial charge < -0.3 is 24.0 Å². The average Bonchev–Trinajstić information content (AvgIpc) is 3.40. The van der Waals surface area contributed by atoms with Gasteiger partial charge in [-0.25, -0.2) is 4.79 Å². The molecule has 0 unspecified atom stereocenters. The first-order valence-electron chi connectivity index (χ1n) is 15.6. The molecule has 0 aliphatic heterocycles. The first kappa shape index (κ1) is 32.2. The van der Waals surface area contributed by atoms with Crippen LogP contribution in [0.2, 0.25) is 0 Å². The number of carbonyl (C=O) groups excluding carboxylic acids is 1. The molecule has 4 aromatic carbocycles. The van der Waals surface area contributed by atoms with Gasteiger partial charge in [-0.15, -0.1) is 0 Å². The zero-order valence-electron chi connectivity index (χ0n) is 27.1. The number of hydrogen-bond donors (Lipinski definition) is 1. The highest BCUT2D eigenvalue weighted by molar-refractivity contribution is 7.72. The number of carbonyl (C=O) groups is 1. The molecule has 236 valence electrons. The number of ether oxygens (including phenoxy) is 4. The number of rotatable bonds is 13. The van der Waals surface area contributed by atoms with E-state index in [1.165, 1.54) is 11.1 Å². The van der Waals surface area contributed by atoms with E-state index >= 15 is 0 Å². The minimum atomic E-state index is -1.66. The van der Waals surface area contributed by atoms with Gasteiger partial charge in [0.25, 0.3) is 0 Å². The second kappa shape index (κ2) is 14.7. The number of unbranched alkanes of at least 4 members (excludes halogenated alkanes) is 2. The number of aryl methyl sites for hydroxylation is 2. The Labute approximate surface area is 267 Å². The van der Waals surface area contributed by atoms with Crippen molar-refractivity contribution >= 4 is 46.5 Å². The summed E-state index contributed by atoms with van der Waals surface area (Å²) in [4.78, 5) is 14.7. The molecule has 0 aliphatic rings. The number of amides is 1. The summed E-state index contributed by atoms with van der Waals surface area (Å²) in [6, 6.07) is 24.0. The molecular formula is C37H43N2O5P. The Hall–Kier alpha value is -4.22. The van der Waals surface area contributed by atoms with Crippen molar-refractivity contribution in [3.63, 3.8) is 0 Å². The summed E-state index contributed by atoms with van der Waals surface area (Å²) in [6.45, 7) is 4.42. The van der Waals surface area contributed by atoms with Crippen LogP contribution in [-0.4, -0.2) is 39.0 Å². The molecule has 0 radical (unpaired) electrons. The zero-order chi connectivity index (χ0) is 31.9. The molecule has 5 rings (SSSR count). The van der Waals surface area contributed by atoms with E-state index in [9.17, 15) is 4.79 Å². The minimum Gasteiger partial charge on any atom is -0.496 e. The van der Waals surface area contributed by atoms with Crippen LogP contribution in [0.5, 0.6) is 23.0 Å². The highest BCUT2D eigenvalue weighted by atomic mass is 31.1. The maximum atomic E-state index is 14.7. The molecule has 8 heteroatoms. The fourth-order valence-electron chi connectivity index (χ4n) is 5.88. The van der Waals surface area contributed by atoms with E-state index in [0.29, 0.717) is 23.0 Å². The van der Waals surface area contributed by atoms with Crippen LogP contribution >= 0.6 is 8.07 Å². The summed E-state index contributed by atoms with van der Waals surface area (Å²) >= 11 is 0. The van der Waals surface area contributed by atoms with E-state index in [1.807, 2.05) is 36.4 Å². The van der Waals surface area contributed by atoms with E-state index in [-0.39, 0.29) is 6.03 Å². The summed E-state index contributed by atoms with van der Waals surface area (Å²) in [7, 11) is 4.81. The normalized spacial score (nSPS) is 11.3. The molecule has 1 N–H and O–H groups in total. The van der Waals surface area contributed by atoms with E-state index in [2.05, 4.69) is 55.3 Å². The topological polar surface area (TPSA) is 71.0 Å². The number of benzene rings is 4. The van der Waals surface area contributed by atoms with Crippen molar-refractivity contribution in [2.45, 2.75) is 52.4 Å². The van der Waals surface area contributed by atoms with Crippen molar-refractivity contribution in [2.75, 3.05) is 28.4 Å². The lowest BCUT2D eigenvalue weighted by molar-refractivity contribution is 0.249. The monoisotopic (exact) mass is 626 g/mol. The number of methoxy groups -OCH3 is 4. The quantitative estimate of drug-likeness (QED) is 0.134. The first-order chi connectivity index (χ1) is 22.0. The second-order valence-corrected chi connectivity index (χ2v) is 12.8. The van der Waals surface area contributed by atoms with Gasteiger partial charge >= 0.3 is 6.03 Å². The van der Waals surface area contributed by atoms with Gasteiger partial charge in [0.05, 0.1) is 58.2 Å². The van der Waals surface area contributed by atoms with Crippen LogP contribution < -0.4 is 34.6 Å². The Balaban J connectivity index is 1.72. The maximum absolute atomic E-state index is 14.7. The number of hydrogen-bond acceptors (Lipinski definition) is 5. The fourth-order valence-corrected chi connectivity index (χ4v) is 8.17. The molecule has 1 amide bonds. The van der Waals surface area contributed by atoms with Gasteiger partial charge in [-0.1, -0.05) is 51.0 Å². The van der Waals surface area contributed by atoms with Crippen molar-refractivity contribution in [1.29, 1.82) is 0 Å². The largest absolute Gasteiger partial charge is 0.496 e. The van der Waals surface area contributed by atoms with Gasteiger partial charge in [-0.05, 0) is 85.3 Å². The van der Waals surface area contributed by atoms with Gasteiger partial charge in [0.2, 0.25) is 0 Å². The van der Waals surface area contributed by atoms with E-state index in [0.717, 1.165) is 70.9 Å². The smallest absolute Gasteiger partial charge is 0.330 e. The Kier molecular flexibility index (Phi) is 10.5. The summed E-state index contributed by atoms with van der Waals surface area (Å²) < 4.78 is 25.2. The Morgan fingerprint density at radius 2 is 1.04 bits per heavy atom. The molecular weight excluding hydrogens is 583 g/mol. The van der Waals surface area contributed by atoms with Gasteiger partial charge in [-0.3, -0.25) is 4.57 Å². The summed E-state index contributed by atoms with van der Waals surface area (Å²) in [5, 5.41) is 7.01. The van der Waals surface area contributed by atoms with Gasteiger partial charge in [0.15, 0.2) is 0 Å². The van der Waals surface area contributed by atoms with Gasteiger partial charge in [-0.2, -0.15) is 0 Å². The van der Waals surface area contributed by atoms with Crippen LogP contribution in [0.4, 0.5) is 4.79 Å². The first-order valence-corrected chi connectivity index (χ1v) is 16.9. The van der Waals surface area contributed by atoms with Crippen molar-refractivity contribution in [1.82, 2.24) is 9.65 Å². The van der Waals surface area contributed by atoms with Crippen molar-refractivity contribution in [3.05, 3.63) is 83.9 Å². The summed E-state index contributed by atoms with van der Waals surface area (Å²) in [6.07, 6.45) is 6.52. The zero-order valence-corrected chi connectivity index (χ0v) is 28.0. The van der Waals surface area contributed by atoms with Crippen LogP contribution in [0.15, 0.2) is 72.8 Å². The predicted molar refractivity (Wildman–Crippen MR) is 186 cm³/mol. The van der Waals surface area contributed by atoms with Crippen LogP contribution in [0, 0.1) is 0 Å². The highest BCUT2D eigenvalue weighted by Crippen LogP contribution is 2.44. The Morgan fingerprint density at radius 1 is 0.644 bits per heavy atom. The highest BCUT2D eigenvalue weighted by Gasteiger charge is 2.31. The molecule has 1 heterocycles. The van der Waals surface area contributed by atoms with Crippen LogP contribution in [0.25, 0.3) is 21.8 Å². The summed E-state index contributed by atoms with van der Waals surface area (Å²) in [5.41, 5.74) is 4.29. The van der Waals surface area contributed by atoms with Crippen LogP contribution in [0.3, 0.4) is 0 Å². The number of fused-ring (bicyclic) bond motifs is 3. The molecule has 0 fully saturated rings. The van der Waals surface area contributed by atoms with Crippen LogP contribution in [-0.2, 0) is 12.8 Å². The SMILES string of the molecule is CCCCc1ccc2c(c1)c1cc(CCCC)ccc1n2C(=O)NP(c1c(OC)cccc1OC)c1c(OC)cccc1OC. The van der Waals surface area contributed by atoms with Gasteiger partial charge in [0.1, 0.15) is 23.0 Å². The Bertz CT molecular complexity index is 1630. The molecule has 0 bridgehead atoms. The van der Waals surface area contributed by atoms with E-state index in [1.54, 1.807) is 33.0 Å². The predicted octanol–water partition coefficient (Wildman–Crippen LogP) is 8.12. The second-order valence-electron chi connectivity index (χ2n) is 11.0. The third-order valence-corrected chi connectivity index (χ3v) is 10.4. The lowest BCUT2D eigenvalue weighted by Gasteiger charge is -2.26. The molecule has 5 aromatic rings. The standard InChI is InChI=1S/C37H43N2O5P/c1-7-9-13-25-19-21-29-27(23-25)28-24-26(14-10-8-2)20-22-30(28)39(29)37(40)38-45(35-31(41-3)15-11-16-32(35)42-4)36-33(43-5)17-12-18-34(36)44-6/h11-12,15-24H,7-10,13-14H2,1-6H3,(H,38,40). The average molecular weight is 627 g/mol. The molecule has 7 nitrogen and oxygen atoms in total. The molecule has 45 heavy (non-hydrogen) atoms. The third kappa shape index (κ3) is 6.46. The van der Waals surface area contributed by atoms with E-state index < -0.39 is 8.07 Å². The fraction of sp³-hybridized carbons (Fsp3) is 0.324. The van der Waals surface area contributed by atoms with Crippen molar-refractivity contribution < 1.29 is 23.7 Å². The lowest BCUT2D eigenvalue weighted by Crippen LogP contribution is -2.33. The summed E-state index contributed by atoms with van der Waals surface area (Å²) in [5.74, 6) is 2.38. The molecule has 1 aromatic heterocycles. The lowest BCUT2D eigenvalue weighted by atomic mass is 10.0. The maximum Gasteiger partial charge on any atom is 0.330 e. The van der Waals surface area contributed by atoms with Crippen molar-refractivity contribution in [3.8, 4) is 23.0 Å². The Morgan fingerprint density at radius 3 is 1.40 bits per heavy atom. The number of nitrogens with one attached hydrogen (secondary N) is 1. The van der Waals surface area contributed by atoms with Crippen LogP contribution in [0.1, 0.15) is 50.7 Å². The molecule has 0 aliphatic carbocycles. The molecule has 0 spiro atoms.